The number of aromatic nitrogens is 1. The molecule has 0 unspecified atom stereocenters. The summed E-state index contributed by atoms with van der Waals surface area (Å²) in [4.78, 5) is 23.9. The average molecular weight is 344 g/mol. The maximum Gasteiger partial charge on any atom is 0.416 e. The summed E-state index contributed by atoms with van der Waals surface area (Å²) < 4.78 is 42.3. The number of carbonyl (C=O) groups is 2. The van der Waals surface area contributed by atoms with E-state index in [1.165, 1.54) is 13.2 Å². The molecule has 0 fully saturated rings. The van der Waals surface area contributed by atoms with Crippen molar-refractivity contribution in [3.8, 4) is 0 Å². The summed E-state index contributed by atoms with van der Waals surface area (Å²) in [5.41, 5.74) is -0.829. The van der Waals surface area contributed by atoms with Gasteiger partial charge in [0, 0.05) is 5.69 Å². The molecule has 1 heterocycles. The molecule has 1 N–H and O–H groups in total. The number of carbonyl (C=O) groups excluding carboxylic acids is 2. The third kappa shape index (κ3) is 3.73. The predicted molar refractivity (Wildman–Crippen MR) is 78.5 cm³/mol. The van der Waals surface area contributed by atoms with Crippen LogP contribution in [0.15, 0.2) is 28.8 Å². The first-order valence-electron chi connectivity index (χ1n) is 6.27. The second-order valence-electron chi connectivity index (χ2n) is 4.48. The van der Waals surface area contributed by atoms with Gasteiger partial charge in [0.25, 0.3) is 5.91 Å². The molecule has 0 bridgehead atoms. The van der Waals surface area contributed by atoms with Crippen LogP contribution in [-0.2, 0) is 6.18 Å². The predicted octanol–water partition coefficient (Wildman–Crippen LogP) is 3.76. The van der Waals surface area contributed by atoms with Crippen LogP contribution in [0.3, 0.4) is 0 Å². The Labute approximate surface area is 133 Å². The zero-order valence-corrected chi connectivity index (χ0v) is 12.8. The summed E-state index contributed by atoms with van der Waals surface area (Å²) in [6, 6.07) is 3.95. The molecule has 9 heteroatoms. The summed E-state index contributed by atoms with van der Waals surface area (Å²) in [6.45, 7) is 1.46. The van der Waals surface area contributed by atoms with E-state index in [2.05, 4.69) is 10.5 Å². The van der Waals surface area contributed by atoms with Crippen LogP contribution in [-0.4, -0.2) is 22.4 Å². The van der Waals surface area contributed by atoms with E-state index in [0.29, 0.717) is 0 Å². The van der Waals surface area contributed by atoms with Crippen molar-refractivity contribution < 1.29 is 27.3 Å². The van der Waals surface area contributed by atoms with Gasteiger partial charge in [-0.3, -0.25) is 9.59 Å². The number of hydrogen-bond acceptors (Lipinski definition) is 5. The second-order valence-corrected chi connectivity index (χ2v) is 5.26. The van der Waals surface area contributed by atoms with Crippen LogP contribution >= 0.6 is 11.8 Å². The average Bonchev–Trinajstić information content (AvgIpc) is 2.88. The number of amides is 1. The van der Waals surface area contributed by atoms with Crippen LogP contribution in [0.5, 0.6) is 0 Å². The number of benzene rings is 1. The van der Waals surface area contributed by atoms with Crippen molar-refractivity contribution >= 4 is 28.5 Å². The Morgan fingerprint density at radius 1 is 1.22 bits per heavy atom. The minimum absolute atomic E-state index is 0.0377. The summed E-state index contributed by atoms with van der Waals surface area (Å²) in [6.07, 6.45) is -2.92. The van der Waals surface area contributed by atoms with Crippen LogP contribution < -0.4 is 5.32 Å². The van der Waals surface area contributed by atoms with Crippen molar-refractivity contribution in [1.82, 2.24) is 5.16 Å². The normalized spacial score (nSPS) is 11.3. The second kappa shape index (κ2) is 6.45. The molecule has 0 radical (unpaired) electrons. The smallest absolute Gasteiger partial charge is 0.360 e. The van der Waals surface area contributed by atoms with E-state index >= 15 is 0 Å². The molecular weight excluding hydrogens is 333 g/mol. The summed E-state index contributed by atoms with van der Waals surface area (Å²) in [7, 11) is 0. The largest absolute Gasteiger partial charge is 0.416 e. The van der Waals surface area contributed by atoms with E-state index in [1.807, 2.05) is 0 Å². The highest BCUT2D eigenvalue weighted by molar-refractivity contribution is 8.13. The molecule has 0 aliphatic rings. The quantitative estimate of drug-likeness (QED) is 0.918. The standard InChI is InChI=1S/C14H11F3N2O3S/c1-7-10(11(19-22-7)13(21)23-2)12(20)18-9-5-3-8(4-6-9)14(15,16)17/h3-6H,1-2H3,(H,18,20). The van der Waals surface area contributed by atoms with Crippen molar-refractivity contribution in [3.63, 3.8) is 0 Å². The summed E-state index contributed by atoms with van der Waals surface area (Å²) in [5, 5.41) is 5.51. The van der Waals surface area contributed by atoms with Gasteiger partial charge in [0.2, 0.25) is 5.12 Å². The Kier molecular flexibility index (Phi) is 4.79. The third-order valence-corrected chi connectivity index (χ3v) is 3.50. The fourth-order valence-electron chi connectivity index (χ4n) is 1.81. The Morgan fingerprint density at radius 3 is 2.35 bits per heavy atom. The van der Waals surface area contributed by atoms with Gasteiger partial charge in [-0.05, 0) is 37.4 Å². The minimum atomic E-state index is -4.45. The lowest BCUT2D eigenvalue weighted by Crippen LogP contribution is -2.16. The molecule has 23 heavy (non-hydrogen) atoms. The number of alkyl halides is 3. The first-order valence-corrected chi connectivity index (χ1v) is 7.49. The Hall–Kier alpha value is -2.29. The Balaban J connectivity index is 2.23. The van der Waals surface area contributed by atoms with E-state index in [1.54, 1.807) is 0 Å². The molecule has 122 valence electrons. The topological polar surface area (TPSA) is 72.2 Å². The first kappa shape index (κ1) is 17.1. The van der Waals surface area contributed by atoms with E-state index in [0.717, 1.165) is 36.0 Å². The number of hydrogen-bond donors (Lipinski definition) is 1. The molecular formula is C14H11F3N2O3S. The molecule has 0 aliphatic carbocycles. The van der Waals surface area contributed by atoms with Crippen molar-refractivity contribution in [2.24, 2.45) is 0 Å². The molecule has 0 aliphatic heterocycles. The minimum Gasteiger partial charge on any atom is -0.360 e. The molecule has 0 atom stereocenters. The van der Waals surface area contributed by atoms with Crippen LogP contribution in [0.25, 0.3) is 0 Å². The zero-order chi connectivity index (χ0) is 17.2. The molecule has 1 amide bonds. The molecule has 0 spiro atoms. The van der Waals surface area contributed by atoms with Crippen molar-refractivity contribution in [3.05, 3.63) is 46.8 Å². The van der Waals surface area contributed by atoms with E-state index in [-0.39, 0.29) is 22.7 Å². The van der Waals surface area contributed by atoms with Crippen LogP contribution in [0, 0.1) is 6.92 Å². The van der Waals surface area contributed by atoms with Crippen molar-refractivity contribution in [2.75, 3.05) is 11.6 Å². The number of thioether (sulfide) groups is 1. The highest BCUT2D eigenvalue weighted by Crippen LogP contribution is 2.30. The van der Waals surface area contributed by atoms with Gasteiger partial charge in [0.05, 0.1) is 5.56 Å². The Morgan fingerprint density at radius 2 is 1.83 bits per heavy atom. The first-order chi connectivity index (χ1) is 10.7. The van der Waals surface area contributed by atoms with Gasteiger partial charge in [-0.15, -0.1) is 0 Å². The van der Waals surface area contributed by atoms with E-state index in [4.69, 9.17) is 4.52 Å². The molecule has 1 aromatic carbocycles. The van der Waals surface area contributed by atoms with Crippen LogP contribution in [0.1, 0.15) is 32.2 Å². The van der Waals surface area contributed by atoms with Gasteiger partial charge in [0.15, 0.2) is 5.69 Å². The molecule has 2 aromatic rings. The molecule has 2 rings (SSSR count). The van der Waals surface area contributed by atoms with Gasteiger partial charge in [-0.2, -0.15) is 13.2 Å². The third-order valence-electron chi connectivity index (χ3n) is 2.94. The number of nitrogens with zero attached hydrogens (tertiary/aromatic N) is 1. The van der Waals surface area contributed by atoms with Gasteiger partial charge in [-0.1, -0.05) is 16.9 Å². The Bertz CT molecular complexity index is 739. The lowest BCUT2D eigenvalue weighted by molar-refractivity contribution is -0.137. The van der Waals surface area contributed by atoms with Crippen LogP contribution in [0.4, 0.5) is 18.9 Å². The van der Waals surface area contributed by atoms with Crippen molar-refractivity contribution in [1.29, 1.82) is 0 Å². The molecule has 5 nitrogen and oxygen atoms in total. The van der Waals surface area contributed by atoms with E-state index < -0.39 is 22.8 Å². The SMILES string of the molecule is CSC(=O)c1noc(C)c1C(=O)Nc1ccc(C(F)(F)F)cc1. The lowest BCUT2D eigenvalue weighted by atomic mass is 10.1. The number of aryl methyl sites for hydroxylation is 1. The maximum absolute atomic E-state index is 12.5. The zero-order valence-electron chi connectivity index (χ0n) is 12.0. The highest BCUT2D eigenvalue weighted by atomic mass is 32.2. The lowest BCUT2D eigenvalue weighted by Gasteiger charge is -2.08. The van der Waals surface area contributed by atoms with Gasteiger partial charge in [0.1, 0.15) is 11.3 Å². The van der Waals surface area contributed by atoms with Gasteiger partial charge < -0.3 is 9.84 Å². The van der Waals surface area contributed by atoms with Crippen LogP contribution in [0.2, 0.25) is 0 Å². The monoisotopic (exact) mass is 344 g/mol. The fourth-order valence-corrected chi connectivity index (χ4v) is 2.14. The summed E-state index contributed by atoms with van der Waals surface area (Å²) >= 11 is 0.867. The molecule has 1 aromatic heterocycles. The van der Waals surface area contributed by atoms with E-state index in [9.17, 15) is 22.8 Å². The van der Waals surface area contributed by atoms with Gasteiger partial charge in [-0.25, -0.2) is 0 Å². The fraction of sp³-hybridized carbons (Fsp3) is 0.214. The molecule has 0 saturated heterocycles. The summed E-state index contributed by atoms with van der Waals surface area (Å²) in [5.74, 6) is -0.535. The van der Waals surface area contributed by atoms with Crippen molar-refractivity contribution in [2.45, 2.75) is 13.1 Å². The highest BCUT2D eigenvalue weighted by Gasteiger charge is 2.30. The number of anilines is 1. The molecule has 0 saturated carbocycles. The number of rotatable bonds is 3. The number of halogens is 3. The van der Waals surface area contributed by atoms with Gasteiger partial charge >= 0.3 is 6.18 Å². The maximum atomic E-state index is 12.5. The number of nitrogens with one attached hydrogen (secondary N) is 1.